The molecule has 0 aliphatic carbocycles. The van der Waals surface area contributed by atoms with Crippen LogP contribution in [-0.4, -0.2) is 29.0 Å². The average molecular weight is 335 g/mol. The van der Waals surface area contributed by atoms with Crippen LogP contribution < -0.4 is 5.32 Å². The number of carbonyl (C=O) groups is 1. The molecule has 5 heteroatoms. The van der Waals surface area contributed by atoms with Gasteiger partial charge in [0.2, 0.25) is 0 Å². The van der Waals surface area contributed by atoms with Gasteiger partial charge in [-0.2, -0.15) is 5.26 Å². The molecule has 1 saturated heterocycles. The van der Waals surface area contributed by atoms with Crippen molar-refractivity contribution in [3.63, 3.8) is 0 Å². The number of anilines is 1. The van der Waals surface area contributed by atoms with E-state index >= 15 is 0 Å². The minimum absolute atomic E-state index is 0.0895. The topological polar surface area (TPSA) is 76.4 Å². The molecule has 25 heavy (non-hydrogen) atoms. The predicted octanol–water partition coefficient (Wildman–Crippen LogP) is 3.62. The van der Waals surface area contributed by atoms with Gasteiger partial charge in [0.15, 0.2) is 0 Å². The fourth-order valence-electron chi connectivity index (χ4n) is 3.07. The molecule has 128 valence electrons. The summed E-state index contributed by atoms with van der Waals surface area (Å²) >= 11 is 0. The van der Waals surface area contributed by atoms with Crippen molar-refractivity contribution in [3.8, 4) is 11.8 Å². The van der Waals surface area contributed by atoms with Crippen molar-refractivity contribution in [1.82, 2.24) is 4.90 Å². The van der Waals surface area contributed by atoms with Gasteiger partial charge in [0.1, 0.15) is 17.4 Å². The summed E-state index contributed by atoms with van der Waals surface area (Å²) in [6.45, 7) is 3.94. The number of piperidine rings is 1. The summed E-state index contributed by atoms with van der Waals surface area (Å²) in [6, 6.07) is 12.5. The molecule has 1 aliphatic rings. The van der Waals surface area contributed by atoms with Crippen molar-refractivity contribution in [2.75, 3.05) is 18.4 Å². The Morgan fingerprint density at radius 3 is 2.64 bits per heavy atom. The number of nitrogens with one attached hydrogen (secondary N) is 1. The first kappa shape index (κ1) is 16.8. The molecular formula is C20H21N3O2. The number of amides is 1. The highest BCUT2D eigenvalue weighted by Gasteiger charge is 2.17. The number of hydrogen-bond donors (Lipinski definition) is 2. The van der Waals surface area contributed by atoms with E-state index in [2.05, 4.69) is 12.2 Å². The number of hydrogen-bond acceptors (Lipinski definition) is 4. The fourth-order valence-corrected chi connectivity index (χ4v) is 3.07. The van der Waals surface area contributed by atoms with Crippen LogP contribution in [0.2, 0.25) is 0 Å². The normalized spacial score (nSPS) is 15.8. The van der Waals surface area contributed by atoms with Gasteiger partial charge < -0.3 is 15.3 Å². The third kappa shape index (κ3) is 3.74. The molecule has 2 N–H and O–H groups in total. The van der Waals surface area contributed by atoms with Crippen molar-refractivity contribution < 1.29 is 9.90 Å². The van der Waals surface area contributed by atoms with Crippen LogP contribution in [0.3, 0.4) is 0 Å². The summed E-state index contributed by atoms with van der Waals surface area (Å²) in [5.41, 5.74) is 0.665. The van der Waals surface area contributed by atoms with Crippen LogP contribution in [0.15, 0.2) is 48.2 Å². The molecule has 2 aromatic carbocycles. The highest BCUT2D eigenvalue weighted by molar-refractivity contribution is 6.11. The number of aromatic hydroxyl groups is 1. The van der Waals surface area contributed by atoms with Gasteiger partial charge in [0, 0.05) is 35.7 Å². The first-order chi connectivity index (χ1) is 12.1. The zero-order valence-electron chi connectivity index (χ0n) is 14.2. The Kier molecular flexibility index (Phi) is 4.90. The maximum atomic E-state index is 12.5. The summed E-state index contributed by atoms with van der Waals surface area (Å²) in [6.07, 6.45) is 3.79. The Morgan fingerprint density at radius 2 is 1.92 bits per heavy atom. The molecule has 0 saturated carbocycles. The number of phenols is 1. The summed E-state index contributed by atoms with van der Waals surface area (Å²) in [5, 5.41) is 23.5. The fraction of sp³-hybridized carbons (Fsp3) is 0.300. The molecule has 0 radical (unpaired) electrons. The molecular weight excluding hydrogens is 314 g/mol. The van der Waals surface area contributed by atoms with Gasteiger partial charge in [-0.25, -0.2) is 0 Å². The summed E-state index contributed by atoms with van der Waals surface area (Å²) in [5.74, 6) is 0.413. The molecule has 2 aromatic rings. The second-order valence-corrected chi connectivity index (χ2v) is 6.51. The molecule has 0 aromatic heterocycles. The van der Waals surface area contributed by atoms with Crippen LogP contribution in [0.1, 0.15) is 19.8 Å². The second-order valence-electron chi connectivity index (χ2n) is 6.51. The zero-order valence-corrected chi connectivity index (χ0v) is 14.2. The number of likely N-dealkylation sites (tertiary alicyclic amines) is 1. The van der Waals surface area contributed by atoms with Crippen LogP contribution in [0.5, 0.6) is 5.75 Å². The van der Waals surface area contributed by atoms with Crippen molar-refractivity contribution in [3.05, 3.63) is 48.2 Å². The SMILES string of the molecule is CC1CCN(/C=C(/C#N)C(=O)Nc2cccc3c(O)cccc23)CC1. The standard InChI is InChI=1S/C20H21N3O2/c1-14-8-10-23(11-9-14)13-15(12-21)20(25)22-18-6-2-5-17-16(18)4-3-7-19(17)24/h2-7,13-14,24H,8-11H2,1H3,(H,22,25)/b15-13-. The molecule has 0 unspecified atom stereocenters. The molecule has 0 spiro atoms. The van der Waals surface area contributed by atoms with Crippen LogP contribution in [0.25, 0.3) is 10.8 Å². The lowest BCUT2D eigenvalue weighted by Gasteiger charge is -2.29. The summed E-state index contributed by atoms with van der Waals surface area (Å²) < 4.78 is 0. The minimum atomic E-state index is -0.433. The number of nitriles is 1. The maximum Gasteiger partial charge on any atom is 0.267 e. The van der Waals surface area contributed by atoms with Crippen molar-refractivity contribution in [2.24, 2.45) is 5.92 Å². The number of carbonyl (C=O) groups excluding carboxylic acids is 1. The Morgan fingerprint density at radius 1 is 1.24 bits per heavy atom. The third-order valence-corrected chi connectivity index (χ3v) is 4.64. The number of fused-ring (bicyclic) bond motifs is 1. The van der Waals surface area contributed by atoms with Crippen molar-refractivity contribution >= 4 is 22.4 Å². The van der Waals surface area contributed by atoms with Gasteiger partial charge >= 0.3 is 0 Å². The molecule has 0 atom stereocenters. The second kappa shape index (κ2) is 7.27. The Labute approximate surface area is 147 Å². The maximum absolute atomic E-state index is 12.5. The van der Waals surface area contributed by atoms with E-state index in [0.29, 0.717) is 17.0 Å². The van der Waals surface area contributed by atoms with E-state index in [9.17, 15) is 15.2 Å². The number of benzene rings is 2. The van der Waals surface area contributed by atoms with E-state index in [4.69, 9.17) is 0 Å². The van der Waals surface area contributed by atoms with Gasteiger partial charge in [0.25, 0.3) is 5.91 Å². The lowest BCUT2D eigenvalue weighted by molar-refractivity contribution is -0.112. The molecule has 1 amide bonds. The highest BCUT2D eigenvalue weighted by atomic mass is 16.3. The number of rotatable bonds is 3. The highest BCUT2D eigenvalue weighted by Crippen LogP contribution is 2.30. The van der Waals surface area contributed by atoms with Gasteiger partial charge in [-0.1, -0.05) is 31.2 Å². The predicted molar refractivity (Wildman–Crippen MR) is 97.9 cm³/mol. The smallest absolute Gasteiger partial charge is 0.267 e. The van der Waals surface area contributed by atoms with E-state index in [-0.39, 0.29) is 11.3 Å². The molecule has 1 heterocycles. The summed E-state index contributed by atoms with van der Waals surface area (Å²) in [4.78, 5) is 14.6. The van der Waals surface area contributed by atoms with E-state index in [1.54, 1.807) is 36.5 Å². The molecule has 1 aliphatic heterocycles. The Bertz CT molecular complexity index is 859. The third-order valence-electron chi connectivity index (χ3n) is 4.64. The van der Waals surface area contributed by atoms with E-state index in [1.165, 1.54) is 0 Å². The van der Waals surface area contributed by atoms with Crippen LogP contribution in [0, 0.1) is 17.2 Å². The van der Waals surface area contributed by atoms with Gasteiger partial charge in [-0.3, -0.25) is 4.79 Å². The van der Waals surface area contributed by atoms with Gasteiger partial charge in [-0.15, -0.1) is 0 Å². The van der Waals surface area contributed by atoms with Crippen molar-refractivity contribution in [1.29, 1.82) is 5.26 Å². The lowest BCUT2D eigenvalue weighted by Crippen LogP contribution is -2.29. The van der Waals surface area contributed by atoms with E-state index in [0.717, 1.165) is 31.3 Å². The Hall–Kier alpha value is -3.00. The largest absolute Gasteiger partial charge is 0.507 e. The van der Waals surface area contributed by atoms with E-state index < -0.39 is 5.91 Å². The van der Waals surface area contributed by atoms with Gasteiger partial charge in [0.05, 0.1) is 0 Å². The minimum Gasteiger partial charge on any atom is -0.507 e. The lowest BCUT2D eigenvalue weighted by atomic mass is 9.99. The summed E-state index contributed by atoms with van der Waals surface area (Å²) in [7, 11) is 0. The first-order valence-corrected chi connectivity index (χ1v) is 8.46. The molecule has 3 rings (SSSR count). The monoisotopic (exact) mass is 335 g/mol. The van der Waals surface area contributed by atoms with Crippen molar-refractivity contribution in [2.45, 2.75) is 19.8 Å². The molecule has 0 bridgehead atoms. The van der Waals surface area contributed by atoms with Crippen LogP contribution >= 0.6 is 0 Å². The van der Waals surface area contributed by atoms with Crippen LogP contribution in [-0.2, 0) is 4.79 Å². The number of nitrogens with zero attached hydrogens (tertiary/aromatic N) is 2. The Balaban J connectivity index is 1.81. The van der Waals surface area contributed by atoms with Crippen LogP contribution in [0.4, 0.5) is 5.69 Å². The number of phenolic OH excluding ortho intramolecular Hbond substituents is 1. The molecule has 1 fully saturated rings. The zero-order chi connectivity index (χ0) is 17.8. The molecule has 5 nitrogen and oxygen atoms in total. The van der Waals surface area contributed by atoms with Gasteiger partial charge in [-0.05, 0) is 30.9 Å². The first-order valence-electron chi connectivity index (χ1n) is 8.46. The average Bonchev–Trinajstić information content (AvgIpc) is 2.62. The quantitative estimate of drug-likeness (QED) is 0.663. The van der Waals surface area contributed by atoms with E-state index in [1.807, 2.05) is 17.0 Å².